The summed E-state index contributed by atoms with van der Waals surface area (Å²) in [5, 5.41) is 4.09. The van der Waals surface area contributed by atoms with E-state index in [4.69, 9.17) is 27.6 Å². The summed E-state index contributed by atoms with van der Waals surface area (Å²) in [6.45, 7) is 0. The molecule has 0 aliphatic carbocycles. The van der Waals surface area contributed by atoms with Crippen molar-refractivity contribution < 1.29 is 14.0 Å². The summed E-state index contributed by atoms with van der Waals surface area (Å²) < 4.78 is 6.04. The van der Waals surface area contributed by atoms with E-state index in [1.165, 1.54) is 6.07 Å². The fourth-order valence-corrected chi connectivity index (χ4v) is 4.26. The Balaban J connectivity index is 1.64. The first-order valence-electron chi connectivity index (χ1n) is 10.5. The Morgan fingerprint density at radius 1 is 0.735 bits per heavy atom. The van der Waals surface area contributed by atoms with Crippen LogP contribution in [0, 0.1) is 0 Å². The molecule has 1 heterocycles. The number of rotatable bonds is 5. The van der Waals surface area contributed by atoms with Gasteiger partial charge in [-0.1, -0.05) is 77.8 Å². The van der Waals surface area contributed by atoms with Crippen molar-refractivity contribution in [3.8, 4) is 11.1 Å². The van der Waals surface area contributed by atoms with Crippen molar-refractivity contribution in [2.24, 2.45) is 0 Å². The van der Waals surface area contributed by atoms with Crippen LogP contribution in [-0.4, -0.2) is 11.7 Å². The molecule has 1 N–H and O–H groups in total. The van der Waals surface area contributed by atoms with Crippen LogP contribution in [0.15, 0.2) is 101 Å². The van der Waals surface area contributed by atoms with Crippen LogP contribution in [0.25, 0.3) is 22.1 Å². The van der Waals surface area contributed by atoms with E-state index in [1.54, 1.807) is 36.4 Å². The SMILES string of the molecule is O=C(Nc1c(C(=O)c2ccc(Cl)cc2Cl)oc2cc(-c3ccccc3)ccc12)c1ccccc1. The van der Waals surface area contributed by atoms with Gasteiger partial charge < -0.3 is 9.73 Å². The highest BCUT2D eigenvalue weighted by Crippen LogP contribution is 2.36. The number of furan rings is 1. The molecule has 1 aromatic heterocycles. The van der Waals surface area contributed by atoms with Gasteiger partial charge >= 0.3 is 0 Å². The molecule has 6 heteroatoms. The Labute approximate surface area is 205 Å². The van der Waals surface area contributed by atoms with Crippen molar-refractivity contribution in [2.75, 3.05) is 5.32 Å². The third kappa shape index (κ3) is 4.21. The minimum atomic E-state index is -0.456. The van der Waals surface area contributed by atoms with Crippen LogP contribution in [0.3, 0.4) is 0 Å². The molecule has 0 saturated carbocycles. The number of benzene rings is 4. The number of hydrogen-bond donors (Lipinski definition) is 1. The molecule has 0 unspecified atom stereocenters. The first-order valence-corrected chi connectivity index (χ1v) is 11.2. The summed E-state index contributed by atoms with van der Waals surface area (Å²) in [6.07, 6.45) is 0. The number of carbonyl (C=O) groups excluding carboxylic acids is 2. The third-order valence-corrected chi connectivity index (χ3v) is 6.00. The number of fused-ring (bicyclic) bond motifs is 1. The van der Waals surface area contributed by atoms with Crippen molar-refractivity contribution >= 4 is 51.5 Å². The number of halogens is 2. The van der Waals surface area contributed by atoms with Gasteiger partial charge in [-0.15, -0.1) is 0 Å². The molecule has 0 radical (unpaired) electrons. The topological polar surface area (TPSA) is 59.3 Å². The van der Waals surface area contributed by atoms with Gasteiger partial charge in [-0.3, -0.25) is 9.59 Å². The number of ketones is 1. The van der Waals surface area contributed by atoms with Gasteiger partial charge in [0.15, 0.2) is 5.76 Å². The highest BCUT2D eigenvalue weighted by molar-refractivity contribution is 6.37. The maximum Gasteiger partial charge on any atom is 0.255 e. The number of hydrogen-bond acceptors (Lipinski definition) is 3. The van der Waals surface area contributed by atoms with Crippen LogP contribution >= 0.6 is 23.2 Å². The summed E-state index contributed by atoms with van der Waals surface area (Å²) in [4.78, 5) is 26.4. The zero-order valence-electron chi connectivity index (χ0n) is 17.7. The minimum Gasteiger partial charge on any atom is -0.450 e. The van der Waals surface area contributed by atoms with Gasteiger partial charge in [0.2, 0.25) is 5.78 Å². The van der Waals surface area contributed by atoms with Gasteiger partial charge in [-0.05, 0) is 53.6 Å². The van der Waals surface area contributed by atoms with Crippen molar-refractivity contribution in [3.63, 3.8) is 0 Å². The van der Waals surface area contributed by atoms with E-state index in [-0.39, 0.29) is 22.3 Å². The summed E-state index contributed by atoms with van der Waals surface area (Å²) in [7, 11) is 0. The molecular formula is C28H17Cl2NO3. The lowest BCUT2D eigenvalue weighted by atomic mass is 10.0. The lowest BCUT2D eigenvalue weighted by Gasteiger charge is -2.07. The van der Waals surface area contributed by atoms with Crippen LogP contribution in [-0.2, 0) is 0 Å². The van der Waals surface area contributed by atoms with Gasteiger partial charge in [0, 0.05) is 21.5 Å². The Kier molecular flexibility index (Phi) is 5.93. The first kappa shape index (κ1) is 22.0. The summed E-state index contributed by atoms with van der Waals surface area (Å²) in [5.74, 6) is -0.817. The van der Waals surface area contributed by atoms with Crippen LogP contribution < -0.4 is 5.32 Å². The highest BCUT2D eigenvalue weighted by Gasteiger charge is 2.25. The van der Waals surface area contributed by atoms with Gasteiger partial charge in [0.1, 0.15) is 5.58 Å². The molecule has 0 aliphatic rings. The highest BCUT2D eigenvalue weighted by atomic mass is 35.5. The largest absolute Gasteiger partial charge is 0.450 e. The van der Waals surface area contributed by atoms with Crippen LogP contribution in [0.2, 0.25) is 10.0 Å². The Bertz CT molecular complexity index is 1530. The van der Waals surface area contributed by atoms with Gasteiger partial charge in [0.25, 0.3) is 5.91 Å². The van der Waals surface area contributed by atoms with Gasteiger partial charge in [0.05, 0.1) is 10.7 Å². The van der Waals surface area contributed by atoms with E-state index in [2.05, 4.69) is 5.32 Å². The van der Waals surface area contributed by atoms with E-state index in [0.29, 0.717) is 27.2 Å². The van der Waals surface area contributed by atoms with Crippen LogP contribution in [0.5, 0.6) is 0 Å². The number of anilines is 1. The van der Waals surface area contributed by atoms with Crippen molar-refractivity contribution in [1.29, 1.82) is 0 Å². The molecule has 34 heavy (non-hydrogen) atoms. The van der Waals surface area contributed by atoms with E-state index >= 15 is 0 Å². The van der Waals surface area contributed by atoms with Crippen LogP contribution in [0.4, 0.5) is 5.69 Å². The molecule has 0 saturated heterocycles. The molecule has 0 bridgehead atoms. The van der Waals surface area contributed by atoms with Crippen molar-refractivity contribution in [3.05, 3.63) is 124 Å². The number of carbonyl (C=O) groups is 2. The smallest absolute Gasteiger partial charge is 0.255 e. The average molecular weight is 486 g/mol. The molecule has 0 atom stereocenters. The second-order valence-electron chi connectivity index (χ2n) is 7.66. The average Bonchev–Trinajstić information content (AvgIpc) is 3.22. The molecule has 0 fully saturated rings. The van der Waals surface area contributed by atoms with E-state index in [9.17, 15) is 9.59 Å². The van der Waals surface area contributed by atoms with Crippen LogP contribution in [0.1, 0.15) is 26.5 Å². The van der Waals surface area contributed by atoms with E-state index in [0.717, 1.165) is 11.1 Å². The quantitative estimate of drug-likeness (QED) is 0.257. The molecular weight excluding hydrogens is 469 g/mol. The predicted octanol–water partition coefficient (Wildman–Crippen LogP) is 7.89. The molecule has 1 amide bonds. The molecule has 5 rings (SSSR count). The molecule has 166 valence electrons. The third-order valence-electron chi connectivity index (χ3n) is 5.45. The van der Waals surface area contributed by atoms with E-state index < -0.39 is 5.78 Å². The fraction of sp³-hybridized carbons (Fsp3) is 0. The normalized spacial score (nSPS) is 10.9. The first-order chi connectivity index (χ1) is 16.5. The maximum atomic E-state index is 13.5. The van der Waals surface area contributed by atoms with Gasteiger partial charge in [-0.25, -0.2) is 0 Å². The molecule has 5 aromatic rings. The maximum absolute atomic E-state index is 13.5. The van der Waals surface area contributed by atoms with Crippen molar-refractivity contribution in [1.82, 2.24) is 0 Å². The zero-order chi connectivity index (χ0) is 23.7. The lowest BCUT2D eigenvalue weighted by molar-refractivity contribution is 0.101. The molecule has 4 aromatic carbocycles. The lowest BCUT2D eigenvalue weighted by Crippen LogP contribution is -2.14. The molecule has 0 aliphatic heterocycles. The zero-order valence-corrected chi connectivity index (χ0v) is 19.2. The second-order valence-corrected chi connectivity index (χ2v) is 8.50. The molecule has 0 spiro atoms. The molecule has 4 nitrogen and oxygen atoms in total. The Hall–Kier alpha value is -3.86. The summed E-state index contributed by atoms with van der Waals surface area (Å²) in [5.41, 5.74) is 3.37. The predicted molar refractivity (Wildman–Crippen MR) is 136 cm³/mol. The van der Waals surface area contributed by atoms with E-state index in [1.807, 2.05) is 54.6 Å². The summed E-state index contributed by atoms with van der Waals surface area (Å²) >= 11 is 12.3. The monoisotopic (exact) mass is 485 g/mol. The Morgan fingerprint density at radius 2 is 1.44 bits per heavy atom. The van der Waals surface area contributed by atoms with Crippen molar-refractivity contribution in [2.45, 2.75) is 0 Å². The second kappa shape index (κ2) is 9.18. The Morgan fingerprint density at radius 3 is 2.15 bits per heavy atom. The van der Waals surface area contributed by atoms with Gasteiger partial charge in [-0.2, -0.15) is 0 Å². The number of nitrogens with one attached hydrogen (secondary N) is 1. The fourth-order valence-electron chi connectivity index (χ4n) is 3.76. The standard InChI is InChI=1S/C28H17Cl2NO3/c29-20-12-14-21(23(30)16-20)26(32)27-25(31-28(33)18-9-5-2-6-10-18)22-13-11-19(15-24(22)34-27)17-7-3-1-4-8-17/h1-16H,(H,31,33). The summed E-state index contributed by atoms with van der Waals surface area (Å²) in [6, 6.07) is 28.8. The minimum absolute atomic E-state index is 0.00582. The number of amides is 1.